The molecule has 0 aliphatic heterocycles. The van der Waals surface area contributed by atoms with E-state index in [1.807, 2.05) is 0 Å². The maximum absolute atomic E-state index is 2.33. The fourth-order valence-corrected chi connectivity index (χ4v) is 3.54. The first-order valence-electron chi connectivity index (χ1n) is 8.39. The van der Waals surface area contributed by atoms with Crippen molar-refractivity contribution in [3.63, 3.8) is 0 Å². The van der Waals surface area contributed by atoms with E-state index in [1.165, 1.54) is 27.5 Å². The van der Waals surface area contributed by atoms with Crippen molar-refractivity contribution in [1.82, 2.24) is 0 Å². The van der Waals surface area contributed by atoms with Gasteiger partial charge in [-0.15, -0.1) is 0 Å². The standard InChI is InChI=1S/C24H20/c1-24(21-12-4-2-5-13-21,22-14-6-3-7-15-22)23-17-16-19-10-8-9-11-20(19)18-23/h2-18H,1H3. The van der Waals surface area contributed by atoms with Gasteiger partial charge >= 0.3 is 0 Å². The molecule has 0 radical (unpaired) electrons. The first-order chi connectivity index (χ1) is 11.8. The first-order valence-corrected chi connectivity index (χ1v) is 8.39. The van der Waals surface area contributed by atoms with Gasteiger partial charge < -0.3 is 0 Å². The summed E-state index contributed by atoms with van der Waals surface area (Å²) in [6.45, 7) is 2.32. The zero-order valence-corrected chi connectivity index (χ0v) is 13.8. The summed E-state index contributed by atoms with van der Waals surface area (Å²) < 4.78 is 0. The molecule has 0 aliphatic carbocycles. The van der Waals surface area contributed by atoms with Crippen LogP contribution in [0.2, 0.25) is 0 Å². The molecule has 4 aromatic carbocycles. The third-order valence-corrected chi connectivity index (χ3v) is 5.03. The minimum Gasteiger partial charge on any atom is -0.0622 e. The highest BCUT2D eigenvalue weighted by Crippen LogP contribution is 2.39. The second kappa shape index (κ2) is 5.98. The molecule has 0 unspecified atom stereocenters. The van der Waals surface area contributed by atoms with Gasteiger partial charge in [-0.25, -0.2) is 0 Å². The molecule has 0 bridgehead atoms. The van der Waals surface area contributed by atoms with Crippen molar-refractivity contribution in [2.24, 2.45) is 0 Å². The van der Waals surface area contributed by atoms with Gasteiger partial charge in [0.15, 0.2) is 0 Å². The van der Waals surface area contributed by atoms with E-state index in [0.717, 1.165) is 0 Å². The molecular formula is C24H20. The summed E-state index contributed by atoms with van der Waals surface area (Å²) in [7, 11) is 0. The third-order valence-electron chi connectivity index (χ3n) is 5.03. The summed E-state index contributed by atoms with van der Waals surface area (Å²) in [6.07, 6.45) is 0. The van der Waals surface area contributed by atoms with E-state index in [0.29, 0.717) is 0 Å². The number of rotatable bonds is 3. The van der Waals surface area contributed by atoms with E-state index in [1.54, 1.807) is 0 Å². The van der Waals surface area contributed by atoms with Crippen molar-refractivity contribution in [1.29, 1.82) is 0 Å². The topological polar surface area (TPSA) is 0 Å². The van der Waals surface area contributed by atoms with E-state index in [-0.39, 0.29) is 5.41 Å². The number of benzene rings is 4. The highest BCUT2D eigenvalue weighted by molar-refractivity contribution is 5.83. The summed E-state index contributed by atoms with van der Waals surface area (Å²) in [4.78, 5) is 0. The van der Waals surface area contributed by atoms with Crippen LogP contribution in [0.1, 0.15) is 23.6 Å². The number of hydrogen-bond acceptors (Lipinski definition) is 0. The van der Waals surface area contributed by atoms with E-state index >= 15 is 0 Å². The molecule has 0 atom stereocenters. The average Bonchev–Trinajstić information content (AvgIpc) is 2.68. The molecule has 0 heterocycles. The average molecular weight is 308 g/mol. The van der Waals surface area contributed by atoms with Crippen LogP contribution >= 0.6 is 0 Å². The zero-order chi connectivity index (χ0) is 16.4. The third kappa shape index (κ3) is 2.41. The predicted octanol–water partition coefficient (Wildman–Crippen LogP) is 6.19. The molecule has 0 nitrogen and oxygen atoms in total. The molecular weight excluding hydrogens is 288 g/mol. The first kappa shape index (κ1) is 14.7. The molecule has 4 rings (SSSR count). The van der Waals surface area contributed by atoms with Gasteiger partial charge in [-0.05, 0) is 40.5 Å². The molecule has 0 aliphatic rings. The van der Waals surface area contributed by atoms with Crippen LogP contribution in [-0.2, 0) is 5.41 Å². The second-order valence-electron chi connectivity index (χ2n) is 6.42. The molecule has 4 aromatic rings. The highest BCUT2D eigenvalue weighted by atomic mass is 14.3. The van der Waals surface area contributed by atoms with Gasteiger partial charge in [-0.1, -0.05) is 97.1 Å². The Hall–Kier alpha value is -2.86. The van der Waals surface area contributed by atoms with Crippen LogP contribution in [0.25, 0.3) is 10.8 Å². The summed E-state index contributed by atoms with van der Waals surface area (Å²) in [5.41, 5.74) is 3.77. The van der Waals surface area contributed by atoms with Crippen molar-refractivity contribution in [2.75, 3.05) is 0 Å². The van der Waals surface area contributed by atoms with Crippen molar-refractivity contribution >= 4 is 10.8 Å². The molecule has 0 heteroatoms. The molecule has 0 fully saturated rings. The lowest BCUT2D eigenvalue weighted by Gasteiger charge is -2.32. The molecule has 0 saturated heterocycles. The van der Waals surface area contributed by atoms with Crippen LogP contribution in [-0.4, -0.2) is 0 Å². The minimum absolute atomic E-state index is 0.174. The lowest BCUT2D eigenvalue weighted by Crippen LogP contribution is -2.25. The molecule has 0 saturated carbocycles. The maximum atomic E-state index is 2.33. The fraction of sp³-hybridized carbons (Fsp3) is 0.0833. The lowest BCUT2D eigenvalue weighted by molar-refractivity contribution is 0.694. The zero-order valence-electron chi connectivity index (χ0n) is 13.8. The number of hydrogen-bond donors (Lipinski definition) is 0. The van der Waals surface area contributed by atoms with Gasteiger partial charge in [0.2, 0.25) is 0 Å². The van der Waals surface area contributed by atoms with Gasteiger partial charge in [0.05, 0.1) is 0 Å². The van der Waals surface area contributed by atoms with Crippen LogP contribution in [0.15, 0.2) is 103 Å². The van der Waals surface area contributed by atoms with Crippen molar-refractivity contribution in [3.05, 3.63) is 120 Å². The monoisotopic (exact) mass is 308 g/mol. The van der Waals surface area contributed by atoms with Crippen molar-refractivity contribution in [2.45, 2.75) is 12.3 Å². The summed E-state index contributed by atoms with van der Waals surface area (Å²) in [6, 6.07) is 36.9. The van der Waals surface area contributed by atoms with Gasteiger partial charge in [-0.2, -0.15) is 0 Å². The summed E-state index contributed by atoms with van der Waals surface area (Å²) >= 11 is 0. The molecule has 0 aromatic heterocycles. The predicted molar refractivity (Wildman–Crippen MR) is 102 cm³/mol. The normalized spacial score (nSPS) is 11.5. The lowest BCUT2D eigenvalue weighted by atomic mass is 9.71. The Balaban J connectivity index is 1.98. The quantitative estimate of drug-likeness (QED) is 0.396. The van der Waals surface area contributed by atoms with Crippen LogP contribution < -0.4 is 0 Å². The smallest absolute Gasteiger partial charge is 0.0423 e. The Morgan fingerprint density at radius 1 is 0.458 bits per heavy atom. The fourth-order valence-electron chi connectivity index (χ4n) is 3.54. The van der Waals surface area contributed by atoms with Gasteiger partial charge in [-0.3, -0.25) is 0 Å². The van der Waals surface area contributed by atoms with Gasteiger partial charge in [0, 0.05) is 5.41 Å². The van der Waals surface area contributed by atoms with Gasteiger partial charge in [0.1, 0.15) is 0 Å². The molecule has 0 N–H and O–H groups in total. The van der Waals surface area contributed by atoms with Crippen LogP contribution in [0, 0.1) is 0 Å². The SMILES string of the molecule is CC(c1ccccc1)(c1ccccc1)c1ccc2ccccc2c1. The second-order valence-corrected chi connectivity index (χ2v) is 6.42. The molecule has 0 amide bonds. The largest absolute Gasteiger partial charge is 0.0622 e. The highest BCUT2D eigenvalue weighted by Gasteiger charge is 2.30. The number of fused-ring (bicyclic) bond motifs is 1. The Kier molecular flexibility index (Phi) is 3.66. The Labute approximate surface area is 143 Å². The molecule has 116 valence electrons. The maximum Gasteiger partial charge on any atom is 0.0423 e. The van der Waals surface area contributed by atoms with E-state index in [4.69, 9.17) is 0 Å². The van der Waals surface area contributed by atoms with Crippen LogP contribution in [0.3, 0.4) is 0 Å². The summed E-state index contributed by atoms with van der Waals surface area (Å²) in [5.74, 6) is 0. The minimum atomic E-state index is -0.174. The Morgan fingerprint density at radius 2 is 0.958 bits per heavy atom. The van der Waals surface area contributed by atoms with Crippen LogP contribution in [0.4, 0.5) is 0 Å². The van der Waals surface area contributed by atoms with E-state index in [9.17, 15) is 0 Å². The van der Waals surface area contributed by atoms with Gasteiger partial charge in [0.25, 0.3) is 0 Å². The molecule has 24 heavy (non-hydrogen) atoms. The van der Waals surface area contributed by atoms with E-state index in [2.05, 4.69) is 110 Å². The Morgan fingerprint density at radius 3 is 1.54 bits per heavy atom. The van der Waals surface area contributed by atoms with Crippen molar-refractivity contribution in [3.8, 4) is 0 Å². The van der Waals surface area contributed by atoms with E-state index < -0.39 is 0 Å². The Bertz CT molecular complexity index is 913. The molecule has 0 spiro atoms. The van der Waals surface area contributed by atoms with Crippen LogP contribution in [0.5, 0.6) is 0 Å². The summed E-state index contributed by atoms with van der Waals surface area (Å²) in [5, 5.41) is 2.57. The van der Waals surface area contributed by atoms with Crippen molar-refractivity contribution < 1.29 is 0 Å².